The Morgan fingerprint density at radius 3 is 3.08 bits per heavy atom. The normalized spacial score (nSPS) is 19.7. The highest BCUT2D eigenvalue weighted by Gasteiger charge is 2.41. The average Bonchev–Trinajstić information content (AvgIpc) is 3.42. The summed E-state index contributed by atoms with van der Waals surface area (Å²) in [5, 5.41) is 2.83. The Kier molecular flexibility index (Phi) is 7.94. The van der Waals surface area contributed by atoms with Gasteiger partial charge in [0.1, 0.15) is 18.7 Å². The maximum Gasteiger partial charge on any atom is 0.328 e. The first-order valence-electron chi connectivity index (χ1n) is 8.36. The molecule has 2 unspecified atom stereocenters. The number of amides is 1. The molecule has 136 valence electrons. The van der Waals surface area contributed by atoms with Crippen LogP contribution in [0.3, 0.4) is 0 Å². The predicted molar refractivity (Wildman–Crippen MR) is 99.4 cm³/mol. The number of hydrogen-bond acceptors (Lipinski definition) is 6. The van der Waals surface area contributed by atoms with Gasteiger partial charge >= 0.3 is 5.97 Å². The first-order chi connectivity index (χ1) is 12.2. The Balaban J connectivity index is 1.78. The van der Waals surface area contributed by atoms with E-state index >= 15 is 0 Å². The van der Waals surface area contributed by atoms with E-state index in [2.05, 4.69) is 21.8 Å². The number of nitrogens with zero attached hydrogens (tertiary/aromatic N) is 2. The molecule has 25 heavy (non-hydrogen) atoms. The maximum absolute atomic E-state index is 12.4. The van der Waals surface area contributed by atoms with Crippen LogP contribution in [0.1, 0.15) is 12.1 Å². The number of thioether (sulfide) groups is 1. The summed E-state index contributed by atoms with van der Waals surface area (Å²) in [6.45, 7) is 5.19. The Labute approximate surface area is 153 Å². The zero-order chi connectivity index (χ0) is 18.1. The van der Waals surface area contributed by atoms with Crippen LogP contribution in [0, 0.1) is 0 Å². The fraction of sp³-hybridized carbons (Fsp3) is 0.500. The SMILES string of the molecule is C=CCOC(=O)[C@H](CCSC)NC(=O)C1CN1CCc1ccccn1. The van der Waals surface area contributed by atoms with E-state index in [4.69, 9.17) is 4.74 Å². The van der Waals surface area contributed by atoms with Crippen molar-refractivity contribution in [3.05, 3.63) is 42.7 Å². The third-order valence-electron chi connectivity index (χ3n) is 3.95. The molecule has 0 bridgehead atoms. The summed E-state index contributed by atoms with van der Waals surface area (Å²) in [5.41, 5.74) is 1.01. The zero-order valence-electron chi connectivity index (χ0n) is 14.5. The van der Waals surface area contributed by atoms with Gasteiger partial charge in [-0.2, -0.15) is 11.8 Å². The van der Waals surface area contributed by atoms with Gasteiger partial charge in [0, 0.05) is 31.4 Å². The highest BCUT2D eigenvalue weighted by atomic mass is 32.2. The Morgan fingerprint density at radius 1 is 1.56 bits per heavy atom. The second kappa shape index (κ2) is 10.2. The van der Waals surface area contributed by atoms with Crippen LogP contribution in [0.4, 0.5) is 0 Å². The zero-order valence-corrected chi connectivity index (χ0v) is 15.3. The van der Waals surface area contributed by atoms with E-state index in [1.54, 1.807) is 18.0 Å². The molecule has 1 amide bonds. The summed E-state index contributed by atoms with van der Waals surface area (Å²) in [6.07, 6.45) is 6.62. The lowest BCUT2D eigenvalue weighted by Gasteiger charge is -2.17. The summed E-state index contributed by atoms with van der Waals surface area (Å²) in [7, 11) is 0. The molecule has 0 aromatic carbocycles. The number of ether oxygens (including phenoxy) is 1. The second-order valence-electron chi connectivity index (χ2n) is 5.84. The number of aromatic nitrogens is 1. The number of nitrogens with one attached hydrogen (secondary N) is 1. The van der Waals surface area contributed by atoms with Crippen molar-refractivity contribution in [1.29, 1.82) is 0 Å². The van der Waals surface area contributed by atoms with Crippen molar-refractivity contribution in [3.8, 4) is 0 Å². The van der Waals surface area contributed by atoms with Crippen LogP contribution in [0.2, 0.25) is 0 Å². The molecule has 1 aromatic heterocycles. The lowest BCUT2D eigenvalue weighted by molar-refractivity contribution is -0.146. The molecule has 0 radical (unpaired) electrons. The third kappa shape index (κ3) is 6.51. The van der Waals surface area contributed by atoms with Crippen LogP contribution >= 0.6 is 11.8 Å². The smallest absolute Gasteiger partial charge is 0.328 e. The van der Waals surface area contributed by atoms with Crippen molar-refractivity contribution >= 4 is 23.6 Å². The number of pyridine rings is 1. The van der Waals surface area contributed by atoms with E-state index in [0.29, 0.717) is 6.42 Å². The summed E-state index contributed by atoms with van der Waals surface area (Å²) >= 11 is 1.63. The minimum atomic E-state index is -0.599. The Morgan fingerprint density at radius 2 is 2.40 bits per heavy atom. The van der Waals surface area contributed by atoms with Crippen molar-refractivity contribution in [2.24, 2.45) is 0 Å². The van der Waals surface area contributed by atoms with Crippen molar-refractivity contribution in [1.82, 2.24) is 15.2 Å². The van der Waals surface area contributed by atoms with Crippen LogP contribution in [-0.2, 0) is 20.7 Å². The van der Waals surface area contributed by atoms with Gasteiger partial charge in [0.05, 0.1) is 0 Å². The average molecular weight is 363 g/mol. The first-order valence-corrected chi connectivity index (χ1v) is 9.76. The number of carbonyl (C=O) groups excluding carboxylic acids is 2. The summed E-state index contributed by atoms with van der Waals surface area (Å²) in [5.74, 6) is 0.271. The van der Waals surface area contributed by atoms with Crippen LogP contribution in [-0.4, -0.2) is 65.5 Å². The van der Waals surface area contributed by atoms with E-state index < -0.39 is 12.0 Å². The number of hydrogen-bond donors (Lipinski definition) is 1. The fourth-order valence-corrected chi connectivity index (χ4v) is 2.94. The second-order valence-corrected chi connectivity index (χ2v) is 6.83. The van der Waals surface area contributed by atoms with Gasteiger partial charge in [-0.1, -0.05) is 18.7 Å². The quantitative estimate of drug-likeness (QED) is 0.363. The highest BCUT2D eigenvalue weighted by Crippen LogP contribution is 2.18. The van der Waals surface area contributed by atoms with E-state index in [9.17, 15) is 9.59 Å². The molecule has 7 heteroatoms. The van der Waals surface area contributed by atoms with Crippen LogP contribution < -0.4 is 5.32 Å². The molecule has 1 aliphatic heterocycles. The van der Waals surface area contributed by atoms with Gasteiger partial charge in [0.2, 0.25) is 5.91 Å². The molecule has 1 saturated heterocycles. The summed E-state index contributed by atoms with van der Waals surface area (Å²) in [4.78, 5) is 30.8. The van der Waals surface area contributed by atoms with Gasteiger partial charge in [-0.05, 0) is 30.6 Å². The molecule has 1 N–H and O–H groups in total. The molecule has 1 aliphatic rings. The topological polar surface area (TPSA) is 71.3 Å². The van der Waals surface area contributed by atoms with Crippen molar-refractivity contribution in [2.45, 2.75) is 24.9 Å². The first kappa shape index (κ1) is 19.5. The Bertz CT molecular complexity index is 582. The molecule has 2 heterocycles. The lowest BCUT2D eigenvalue weighted by atomic mass is 10.2. The Hall–Kier alpha value is -1.86. The molecule has 1 fully saturated rings. The van der Waals surface area contributed by atoms with Gasteiger partial charge in [0.25, 0.3) is 0 Å². The van der Waals surface area contributed by atoms with E-state index in [-0.39, 0.29) is 18.6 Å². The van der Waals surface area contributed by atoms with Crippen LogP contribution in [0.15, 0.2) is 37.1 Å². The minimum Gasteiger partial charge on any atom is -0.460 e. The van der Waals surface area contributed by atoms with E-state index in [1.807, 2.05) is 24.5 Å². The van der Waals surface area contributed by atoms with Gasteiger partial charge in [-0.3, -0.25) is 14.7 Å². The lowest BCUT2D eigenvalue weighted by Crippen LogP contribution is -2.44. The minimum absolute atomic E-state index is 0.109. The maximum atomic E-state index is 12.4. The standard InChI is InChI=1S/C18H25N3O3S/c1-3-11-24-18(23)15(8-12-25-2)20-17(22)16-13-21(16)10-7-14-6-4-5-9-19-14/h3-6,9,15-16H,1,7-8,10-13H2,2H3,(H,20,22)/t15-,16?,21?/m0/s1. The molecule has 0 spiro atoms. The van der Waals surface area contributed by atoms with Crippen molar-refractivity contribution in [2.75, 3.05) is 31.7 Å². The molecule has 3 atom stereocenters. The molecule has 0 saturated carbocycles. The molecule has 0 aliphatic carbocycles. The van der Waals surface area contributed by atoms with Gasteiger partial charge in [-0.15, -0.1) is 0 Å². The summed E-state index contributed by atoms with van der Waals surface area (Å²) in [6, 6.07) is 5.06. The van der Waals surface area contributed by atoms with E-state index in [0.717, 1.165) is 31.0 Å². The van der Waals surface area contributed by atoms with Crippen LogP contribution in [0.5, 0.6) is 0 Å². The van der Waals surface area contributed by atoms with Crippen molar-refractivity contribution < 1.29 is 14.3 Å². The van der Waals surface area contributed by atoms with Gasteiger partial charge in [0.15, 0.2) is 0 Å². The summed E-state index contributed by atoms with van der Waals surface area (Å²) < 4.78 is 5.08. The molecule has 2 rings (SSSR count). The molecular weight excluding hydrogens is 338 g/mol. The highest BCUT2D eigenvalue weighted by molar-refractivity contribution is 7.98. The number of esters is 1. The van der Waals surface area contributed by atoms with Gasteiger partial charge in [-0.25, -0.2) is 4.79 Å². The molecule has 6 nitrogen and oxygen atoms in total. The number of rotatable bonds is 11. The van der Waals surface area contributed by atoms with Crippen molar-refractivity contribution in [3.63, 3.8) is 0 Å². The molecular formula is C18H25N3O3S. The number of carbonyl (C=O) groups is 2. The largest absolute Gasteiger partial charge is 0.460 e. The fourth-order valence-electron chi connectivity index (χ4n) is 2.47. The third-order valence-corrected chi connectivity index (χ3v) is 4.60. The van der Waals surface area contributed by atoms with Crippen LogP contribution in [0.25, 0.3) is 0 Å². The van der Waals surface area contributed by atoms with Gasteiger partial charge < -0.3 is 10.1 Å². The van der Waals surface area contributed by atoms with E-state index in [1.165, 1.54) is 6.08 Å². The molecule has 1 aromatic rings. The predicted octanol–water partition coefficient (Wildman–Crippen LogP) is 1.28. The monoisotopic (exact) mass is 363 g/mol.